The fraction of sp³-hybridized carbons (Fsp3) is 0.625. The topological polar surface area (TPSA) is 64.1 Å². The minimum absolute atomic E-state index is 0.0181. The molecule has 68 valence electrons. The third-order valence-electron chi connectivity index (χ3n) is 1.80. The van der Waals surface area contributed by atoms with Gasteiger partial charge in [-0.15, -0.1) is 0 Å². The van der Waals surface area contributed by atoms with Crippen molar-refractivity contribution in [2.24, 2.45) is 12.8 Å². The Balaban J connectivity index is 2.68. The monoisotopic (exact) mass is 169 g/mol. The molecule has 1 atom stereocenters. The summed E-state index contributed by atoms with van der Waals surface area (Å²) in [5, 5.41) is 12.9. The molecular formula is C8H15N3O. The van der Waals surface area contributed by atoms with Gasteiger partial charge in [-0.05, 0) is 13.0 Å². The number of nitrogens with two attached hydrogens (primary N) is 1. The highest BCUT2D eigenvalue weighted by Crippen LogP contribution is 2.03. The molecule has 0 spiro atoms. The highest BCUT2D eigenvalue weighted by Gasteiger charge is 2.06. The van der Waals surface area contributed by atoms with E-state index in [-0.39, 0.29) is 12.6 Å². The Morgan fingerprint density at radius 1 is 1.75 bits per heavy atom. The first kappa shape index (κ1) is 9.22. The second kappa shape index (κ2) is 3.69. The summed E-state index contributed by atoms with van der Waals surface area (Å²) in [6.45, 7) is 1.96. The predicted octanol–water partition coefficient (Wildman–Crippen LogP) is -0.409. The van der Waals surface area contributed by atoms with Gasteiger partial charge in [0.1, 0.15) is 0 Å². The molecule has 4 nitrogen and oxygen atoms in total. The van der Waals surface area contributed by atoms with Crippen LogP contribution < -0.4 is 5.73 Å². The summed E-state index contributed by atoms with van der Waals surface area (Å²) in [5.41, 5.74) is 7.64. The van der Waals surface area contributed by atoms with Gasteiger partial charge in [0.2, 0.25) is 0 Å². The molecular weight excluding hydrogens is 154 g/mol. The molecule has 0 aliphatic heterocycles. The minimum Gasteiger partial charge on any atom is -0.395 e. The van der Waals surface area contributed by atoms with Crippen molar-refractivity contribution < 1.29 is 5.11 Å². The van der Waals surface area contributed by atoms with Gasteiger partial charge in [-0.2, -0.15) is 5.10 Å². The zero-order valence-corrected chi connectivity index (χ0v) is 7.49. The molecule has 1 aromatic heterocycles. The normalized spacial score (nSPS) is 13.3. The molecule has 1 heterocycles. The average Bonchev–Trinajstić information content (AvgIpc) is 2.30. The molecule has 0 aromatic carbocycles. The van der Waals surface area contributed by atoms with Crippen molar-refractivity contribution in [1.29, 1.82) is 0 Å². The third-order valence-corrected chi connectivity index (χ3v) is 1.80. The fourth-order valence-corrected chi connectivity index (χ4v) is 1.19. The molecule has 0 aliphatic rings. The summed E-state index contributed by atoms with van der Waals surface area (Å²) >= 11 is 0. The van der Waals surface area contributed by atoms with E-state index in [9.17, 15) is 0 Å². The third kappa shape index (κ3) is 2.06. The largest absolute Gasteiger partial charge is 0.395 e. The zero-order chi connectivity index (χ0) is 9.14. The Kier molecular flexibility index (Phi) is 2.83. The molecule has 0 aliphatic carbocycles. The van der Waals surface area contributed by atoms with Crippen LogP contribution in [0.5, 0.6) is 0 Å². The van der Waals surface area contributed by atoms with Gasteiger partial charge in [0.25, 0.3) is 0 Å². The first-order valence-electron chi connectivity index (χ1n) is 3.99. The van der Waals surface area contributed by atoms with E-state index in [1.165, 1.54) is 0 Å². The van der Waals surface area contributed by atoms with Crippen LogP contribution in [0.4, 0.5) is 0 Å². The number of rotatable bonds is 3. The van der Waals surface area contributed by atoms with Crippen molar-refractivity contribution in [3.05, 3.63) is 17.5 Å². The number of hydrogen-bond acceptors (Lipinski definition) is 3. The van der Waals surface area contributed by atoms with Crippen LogP contribution in [0.15, 0.2) is 6.07 Å². The van der Waals surface area contributed by atoms with Crippen molar-refractivity contribution in [3.8, 4) is 0 Å². The SMILES string of the molecule is Cc1cc(CC(N)CO)n(C)n1. The van der Waals surface area contributed by atoms with Crippen LogP contribution in [-0.2, 0) is 13.5 Å². The van der Waals surface area contributed by atoms with Crippen LogP contribution in [0.25, 0.3) is 0 Å². The molecule has 0 radical (unpaired) electrons. The van der Waals surface area contributed by atoms with Gasteiger partial charge >= 0.3 is 0 Å². The van der Waals surface area contributed by atoms with Gasteiger partial charge in [0.15, 0.2) is 0 Å². The van der Waals surface area contributed by atoms with Gasteiger partial charge in [-0.25, -0.2) is 0 Å². The molecule has 0 saturated carbocycles. The predicted molar refractivity (Wildman–Crippen MR) is 46.7 cm³/mol. The van der Waals surface area contributed by atoms with E-state index in [0.29, 0.717) is 6.42 Å². The molecule has 0 saturated heterocycles. The van der Waals surface area contributed by atoms with E-state index >= 15 is 0 Å². The molecule has 1 rings (SSSR count). The van der Waals surface area contributed by atoms with E-state index in [1.807, 2.05) is 20.0 Å². The van der Waals surface area contributed by atoms with Crippen molar-refractivity contribution in [3.63, 3.8) is 0 Å². The smallest absolute Gasteiger partial charge is 0.0596 e. The van der Waals surface area contributed by atoms with E-state index < -0.39 is 0 Å². The van der Waals surface area contributed by atoms with Crippen molar-refractivity contribution in [2.75, 3.05) is 6.61 Å². The van der Waals surface area contributed by atoms with Crippen molar-refractivity contribution in [2.45, 2.75) is 19.4 Å². The number of aromatic nitrogens is 2. The lowest BCUT2D eigenvalue weighted by atomic mass is 10.2. The number of hydrogen-bond donors (Lipinski definition) is 2. The van der Waals surface area contributed by atoms with Crippen LogP contribution in [-0.4, -0.2) is 27.5 Å². The maximum absolute atomic E-state index is 8.74. The molecule has 1 unspecified atom stereocenters. The minimum atomic E-state index is -0.181. The molecule has 0 amide bonds. The Morgan fingerprint density at radius 2 is 2.42 bits per heavy atom. The van der Waals surface area contributed by atoms with E-state index in [1.54, 1.807) is 4.68 Å². The van der Waals surface area contributed by atoms with Crippen LogP contribution >= 0.6 is 0 Å². The molecule has 4 heteroatoms. The summed E-state index contributed by atoms with van der Waals surface area (Å²) in [5.74, 6) is 0. The van der Waals surface area contributed by atoms with Gasteiger partial charge < -0.3 is 10.8 Å². The summed E-state index contributed by atoms with van der Waals surface area (Å²) in [4.78, 5) is 0. The number of aryl methyl sites for hydroxylation is 2. The average molecular weight is 169 g/mol. The Morgan fingerprint density at radius 3 is 2.83 bits per heavy atom. The van der Waals surface area contributed by atoms with Gasteiger partial charge in [0.05, 0.1) is 12.3 Å². The van der Waals surface area contributed by atoms with Crippen LogP contribution in [0, 0.1) is 6.92 Å². The molecule has 1 aromatic rings. The number of aliphatic hydroxyl groups is 1. The highest BCUT2D eigenvalue weighted by molar-refractivity contribution is 5.09. The number of aliphatic hydroxyl groups excluding tert-OH is 1. The van der Waals surface area contributed by atoms with E-state index in [0.717, 1.165) is 11.4 Å². The molecule has 0 fully saturated rings. The van der Waals surface area contributed by atoms with Crippen molar-refractivity contribution >= 4 is 0 Å². The van der Waals surface area contributed by atoms with E-state index in [4.69, 9.17) is 10.8 Å². The summed E-state index contributed by atoms with van der Waals surface area (Å²) < 4.78 is 1.80. The summed E-state index contributed by atoms with van der Waals surface area (Å²) in [6, 6.07) is 1.80. The molecule has 0 bridgehead atoms. The lowest BCUT2D eigenvalue weighted by molar-refractivity contribution is 0.264. The maximum Gasteiger partial charge on any atom is 0.0596 e. The van der Waals surface area contributed by atoms with Gasteiger partial charge in [0, 0.05) is 25.2 Å². The molecule has 12 heavy (non-hydrogen) atoms. The number of nitrogens with zero attached hydrogens (tertiary/aromatic N) is 2. The Bertz CT molecular complexity index is 257. The first-order valence-corrected chi connectivity index (χ1v) is 3.99. The fourth-order valence-electron chi connectivity index (χ4n) is 1.19. The van der Waals surface area contributed by atoms with Gasteiger partial charge in [-0.3, -0.25) is 4.68 Å². The van der Waals surface area contributed by atoms with Crippen LogP contribution in [0.1, 0.15) is 11.4 Å². The Labute approximate surface area is 72.0 Å². The van der Waals surface area contributed by atoms with Crippen LogP contribution in [0.3, 0.4) is 0 Å². The first-order chi connectivity index (χ1) is 5.63. The maximum atomic E-state index is 8.74. The standard InChI is InChI=1S/C8H15N3O/c1-6-3-8(11(2)10-6)4-7(9)5-12/h3,7,12H,4-5,9H2,1-2H3. The second-order valence-corrected chi connectivity index (χ2v) is 3.05. The van der Waals surface area contributed by atoms with E-state index in [2.05, 4.69) is 5.10 Å². The lowest BCUT2D eigenvalue weighted by Crippen LogP contribution is -2.27. The van der Waals surface area contributed by atoms with Crippen LogP contribution in [0.2, 0.25) is 0 Å². The van der Waals surface area contributed by atoms with Gasteiger partial charge in [-0.1, -0.05) is 0 Å². The van der Waals surface area contributed by atoms with Crippen molar-refractivity contribution in [1.82, 2.24) is 9.78 Å². The highest BCUT2D eigenvalue weighted by atomic mass is 16.3. The second-order valence-electron chi connectivity index (χ2n) is 3.05. The molecule has 3 N–H and O–H groups in total. The summed E-state index contributed by atoms with van der Waals surface area (Å²) in [7, 11) is 1.88. The zero-order valence-electron chi connectivity index (χ0n) is 7.49. The summed E-state index contributed by atoms with van der Waals surface area (Å²) in [6.07, 6.45) is 0.674. The lowest BCUT2D eigenvalue weighted by Gasteiger charge is -2.06. The Hall–Kier alpha value is -0.870. The quantitative estimate of drug-likeness (QED) is 0.646.